The summed E-state index contributed by atoms with van der Waals surface area (Å²) < 4.78 is 7.61. The van der Waals surface area contributed by atoms with E-state index in [-0.39, 0.29) is 75.0 Å². The number of nitrogens with one attached hydrogen (secondary N) is 3. The van der Waals surface area contributed by atoms with Crippen LogP contribution in [0.25, 0.3) is 10.9 Å². The minimum absolute atomic E-state index is 0.0215. The summed E-state index contributed by atoms with van der Waals surface area (Å²) in [5, 5.41) is 19.4. The van der Waals surface area contributed by atoms with Crippen LogP contribution in [0.15, 0.2) is 43.1 Å². The fourth-order valence-corrected chi connectivity index (χ4v) is 9.72. The number of aromatic nitrogens is 1. The largest absolute Gasteiger partial charge is 0.450 e. The predicted octanol–water partition coefficient (Wildman–Crippen LogP) is 6.90. The molecule has 406 valence electrons. The highest BCUT2D eigenvalue weighted by atomic mass is 16.6. The second kappa shape index (κ2) is 29.1. The fourth-order valence-electron chi connectivity index (χ4n) is 9.72. The number of carbonyl (C=O) groups is 7. The monoisotopic (exact) mass is 1020 g/mol. The Morgan fingerprint density at radius 3 is 1.78 bits per heavy atom. The van der Waals surface area contributed by atoms with E-state index in [4.69, 9.17) is 9.57 Å². The number of cyclic esters (lactones) is 1. The Hall–Kier alpha value is -5.92. The van der Waals surface area contributed by atoms with E-state index in [1.165, 1.54) is 56.0 Å². The molecule has 0 saturated carbocycles. The van der Waals surface area contributed by atoms with Gasteiger partial charge in [-0.2, -0.15) is 9.99 Å². The molecule has 1 fully saturated rings. The molecule has 9 atom stereocenters. The third-order valence-corrected chi connectivity index (χ3v) is 14.3. The molecule has 17 nitrogen and oxygen atoms in total. The van der Waals surface area contributed by atoms with Crippen molar-refractivity contribution >= 4 is 52.3 Å². The van der Waals surface area contributed by atoms with Gasteiger partial charge in [0.15, 0.2) is 6.10 Å². The third-order valence-electron chi connectivity index (χ3n) is 14.3. The maximum atomic E-state index is 15.3. The molecule has 2 aromatic rings. The number of fused-ring (bicyclic) bond motifs is 1. The van der Waals surface area contributed by atoms with Gasteiger partial charge in [-0.15, -0.1) is 6.58 Å². The summed E-state index contributed by atoms with van der Waals surface area (Å²) in [6.45, 7) is 21.1. The normalized spacial score (nSPS) is 24.4. The van der Waals surface area contributed by atoms with Gasteiger partial charge in [-0.05, 0) is 74.3 Å². The first-order valence-electron chi connectivity index (χ1n) is 26.5. The van der Waals surface area contributed by atoms with Gasteiger partial charge in [-0.3, -0.25) is 28.8 Å². The number of nitriles is 1. The van der Waals surface area contributed by atoms with Crippen LogP contribution in [0.4, 0.5) is 0 Å². The predicted molar refractivity (Wildman–Crippen MR) is 283 cm³/mol. The first kappa shape index (κ1) is 61.4. The average Bonchev–Trinajstić information content (AvgIpc) is 3.71. The Morgan fingerprint density at radius 1 is 0.753 bits per heavy atom. The number of likely N-dealkylation sites (N-methyl/N-ethyl adjacent to an activating group) is 3. The zero-order valence-electron chi connectivity index (χ0n) is 46.3. The third kappa shape index (κ3) is 16.8. The lowest BCUT2D eigenvalue weighted by molar-refractivity contribution is -0.170. The van der Waals surface area contributed by atoms with Crippen molar-refractivity contribution in [2.24, 2.45) is 23.7 Å². The molecule has 3 rings (SSSR count). The fraction of sp³-hybridized carbons (Fsp3) is 0.679. The molecule has 6 amide bonds. The van der Waals surface area contributed by atoms with Gasteiger partial charge in [0.05, 0.1) is 11.6 Å². The number of esters is 1. The molecule has 1 saturated heterocycles. The second-order valence-corrected chi connectivity index (χ2v) is 21.5. The van der Waals surface area contributed by atoms with Crippen LogP contribution in [0.1, 0.15) is 151 Å². The van der Waals surface area contributed by atoms with Crippen LogP contribution < -0.4 is 20.8 Å². The Kier molecular flexibility index (Phi) is 24.5. The maximum absolute atomic E-state index is 15.3. The maximum Gasteiger partial charge on any atom is 0.332 e. The first-order valence-corrected chi connectivity index (χ1v) is 26.5. The molecule has 1 aliphatic rings. The Labute approximate surface area is 435 Å². The molecule has 1 aromatic carbocycles. The highest BCUT2D eigenvalue weighted by Gasteiger charge is 2.46. The van der Waals surface area contributed by atoms with Crippen LogP contribution in [0.3, 0.4) is 0 Å². The lowest BCUT2D eigenvalue weighted by Crippen LogP contribution is -2.62. The molecular weight excluding hydrogens is 929 g/mol. The molecule has 73 heavy (non-hydrogen) atoms. The van der Waals surface area contributed by atoms with Crippen LogP contribution in [0.5, 0.6) is 0 Å². The van der Waals surface area contributed by atoms with Gasteiger partial charge < -0.3 is 40.2 Å². The topological polar surface area (TPSA) is 212 Å². The number of carbonyl (C=O) groups excluding carboxylic acids is 7. The molecule has 3 N–H and O–H groups in total. The van der Waals surface area contributed by atoms with Crippen LogP contribution in [-0.2, 0) is 44.7 Å². The number of para-hydroxylation sites is 1. The van der Waals surface area contributed by atoms with Crippen LogP contribution >= 0.6 is 0 Å². The van der Waals surface area contributed by atoms with Crippen molar-refractivity contribution in [1.29, 1.82) is 5.26 Å². The van der Waals surface area contributed by atoms with Crippen molar-refractivity contribution in [3.8, 4) is 6.07 Å². The van der Waals surface area contributed by atoms with Crippen LogP contribution in [-0.4, -0.2) is 131 Å². The standard InChI is InChI=1S/C56H88N8O9/c1-15-18-23-38(8)32-43-53(69)61(11)46(31-37(6)7)49(65)58-42(30-36(4)5)52(68)62(12)47(34-40-35-64(72-14)45-26-21-20-25-41(40)45)50(66)59-44(33-39(9)24-19-16-2)54(70)63(13)56(10,28-17-3)55(71)73-48(27-22-29-57)51(67)60-43/h17,20-21,25-26,35-39,42-44,46-48H,3,15-16,18-19,22-24,27-28,30-34H2,1-2,4-14H3,(H,58,65)(H,59,66)(H,60,67)/t38-,39-,42+,43+,44+,46+,47+,48?,56?/m1/s1. The Morgan fingerprint density at radius 2 is 1.26 bits per heavy atom. The second-order valence-electron chi connectivity index (χ2n) is 21.5. The van der Waals surface area contributed by atoms with Crippen LogP contribution in [0, 0.1) is 35.0 Å². The number of benzene rings is 1. The van der Waals surface area contributed by atoms with Crippen molar-refractivity contribution in [2.45, 2.75) is 194 Å². The molecule has 0 spiro atoms. The van der Waals surface area contributed by atoms with Crippen molar-refractivity contribution < 1.29 is 43.1 Å². The summed E-state index contributed by atoms with van der Waals surface area (Å²) in [5.41, 5.74) is -0.375. The number of unbranched alkanes of at least 4 members (excludes halogenated alkanes) is 2. The SMILES string of the molecule is C=CCC1(C)C(=O)OC(CCC#N)C(=O)N[C@@H](C[C@H](C)CCCC)C(=O)N(C)[C@@H](CC(C)C)C(=O)N[C@@H](CC(C)C)C(=O)N(C)[C@@H](Cc2cn(OC)c3ccccc23)C(=O)N[C@@H](C[C@H](C)CCCC)C(=O)N1C. The number of amides is 6. The van der Waals surface area contributed by atoms with E-state index < -0.39 is 83.3 Å². The van der Waals surface area contributed by atoms with E-state index in [0.29, 0.717) is 5.56 Å². The summed E-state index contributed by atoms with van der Waals surface area (Å²) in [6, 6.07) is 3.64. The summed E-state index contributed by atoms with van der Waals surface area (Å²) in [4.78, 5) is 114. The lowest BCUT2D eigenvalue weighted by atomic mass is 9.91. The molecule has 0 aliphatic carbocycles. The quantitative estimate of drug-likeness (QED) is 0.0870. The Balaban J connectivity index is 2.41. The number of ether oxygens (including phenoxy) is 1. The Bertz CT molecular complexity index is 2240. The molecule has 17 heteroatoms. The molecule has 2 heterocycles. The van der Waals surface area contributed by atoms with Crippen molar-refractivity contribution in [3.05, 3.63) is 48.7 Å². The van der Waals surface area contributed by atoms with E-state index in [9.17, 15) is 24.4 Å². The number of hydrogen-bond acceptors (Lipinski definition) is 10. The molecular formula is C56H88N8O9. The summed E-state index contributed by atoms with van der Waals surface area (Å²) in [7, 11) is 5.97. The van der Waals surface area contributed by atoms with E-state index >= 15 is 14.4 Å². The van der Waals surface area contributed by atoms with E-state index in [1.54, 1.807) is 10.9 Å². The molecule has 2 unspecified atom stereocenters. The summed E-state index contributed by atoms with van der Waals surface area (Å²) in [5.74, 6) is -5.10. The first-order chi connectivity index (χ1) is 34.5. The summed E-state index contributed by atoms with van der Waals surface area (Å²) >= 11 is 0. The molecule has 1 aliphatic heterocycles. The van der Waals surface area contributed by atoms with E-state index in [2.05, 4.69) is 36.4 Å². The molecule has 0 bridgehead atoms. The van der Waals surface area contributed by atoms with Gasteiger partial charge >= 0.3 is 5.97 Å². The lowest BCUT2D eigenvalue weighted by Gasteiger charge is -2.39. The van der Waals surface area contributed by atoms with Crippen LogP contribution in [0.2, 0.25) is 0 Å². The van der Waals surface area contributed by atoms with Gasteiger partial charge in [-0.25, -0.2) is 4.79 Å². The number of hydrogen-bond donors (Lipinski definition) is 3. The smallest absolute Gasteiger partial charge is 0.332 e. The summed E-state index contributed by atoms with van der Waals surface area (Å²) in [6.07, 6.45) is 6.93. The molecule has 0 radical (unpaired) electrons. The van der Waals surface area contributed by atoms with Gasteiger partial charge in [0, 0.05) is 52.0 Å². The van der Waals surface area contributed by atoms with Gasteiger partial charge in [0.25, 0.3) is 5.91 Å². The zero-order valence-corrected chi connectivity index (χ0v) is 46.3. The zero-order chi connectivity index (χ0) is 54.7. The minimum atomic E-state index is -1.78. The van der Waals surface area contributed by atoms with Gasteiger partial charge in [0.1, 0.15) is 42.9 Å². The highest BCUT2D eigenvalue weighted by molar-refractivity contribution is 5.98. The highest BCUT2D eigenvalue weighted by Crippen LogP contribution is 2.28. The van der Waals surface area contributed by atoms with Gasteiger partial charge in [-0.1, -0.05) is 118 Å². The molecule has 1 aromatic heterocycles. The van der Waals surface area contributed by atoms with Gasteiger partial charge in [0.2, 0.25) is 29.5 Å². The minimum Gasteiger partial charge on any atom is -0.450 e. The van der Waals surface area contributed by atoms with Crippen molar-refractivity contribution in [3.63, 3.8) is 0 Å². The average molecular weight is 1020 g/mol. The van der Waals surface area contributed by atoms with E-state index in [0.717, 1.165) is 49.4 Å². The number of rotatable bonds is 21. The van der Waals surface area contributed by atoms with Crippen molar-refractivity contribution in [2.75, 3.05) is 28.3 Å². The van der Waals surface area contributed by atoms with Crippen molar-refractivity contribution in [1.82, 2.24) is 35.4 Å². The number of nitrogens with zero attached hydrogens (tertiary/aromatic N) is 5. The van der Waals surface area contributed by atoms with E-state index in [1.807, 2.05) is 71.9 Å².